The molecule has 2 aliphatic heterocycles. The molecule has 3 rings (SSSR count). The van der Waals surface area contributed by atoms with Crippen LogP contribution in [-0.4, -0.2) is 41.0 Å². The third-order valence-corrected chi connectivity index (χ3v) is 5.65. The topological polar surface area (TPSA) is 44.0 Å². The van der Waals surface area contributed by atoms with Crippen molar-refractivity contribution in [2.75, 3.05) is 26.2 Å². The van der Waals surface area contributed by atoms with Crippen molar-refractivity contribution in [2.45, 2.75) is 64.8 Å². The first-order chi connectivity index (χ1) is 10.8. The van der Waals surface area contributed by atoms with Gasteiger partial charge in [0.05, 0.1) is 0 Å². The first-order valence-corrected chi connectivity index (χ1v) is 9.25. The maximum absolute atomic E-state index is 4.54. The highest BCUT2D eigenvalue weighted by Crippen LogP contribution is 2.39. The van der Waals surface area contributed by atoms with Gasteiger partial charge in [0, 0.05) is 24.9 Å². The molecule has 2 fully saturated rings. The highest BCUT2D eigenvalue weighted by molar-refractivity contribution is 5.85. The number of aromatic nitrogens is 2. The Hall–Kier alpha value is -0.290. The molecule has 0 amide bonds. The summed E-state index contributed by atoms with van der Waals surface area (Å²) in [5.41, 5.74) is 1.94. The minimum Gasteiger partial charge on any atom is -0.345 e. The lowest BCUT2D eigenvalue weighted by Gasteiger charge is -2.37. The maximum atomic E-state index is 4.54. The Labute approximate surface area is 159 Å². The number of hydrogen-bond donors (Lipinski definition) is 2. The van der Waals surface area contributed by atoms with E-state index in [0.717, 1.165) is 13.0 Å². The van der Waals surface area contributed by atoms with Crippen LogP contribution in [0.5, 0.6) is 0 Å². The maximum Gasteiger partial charge on any atom is 0.106 e. The van der Waals surface area contributed by atoms with Crippen molar-refractivity contribution in [1.29, 1.82) is 0 Å². The van der Waals surface area contributed by atoms with Gasteiger partial charge in [-0.3, -0.25) is 4.90 Å². The zero-order valence-corrected chi connectivity index (χ0v) is 16.6. The molecule has 140 valence electrons. The summed E-state index contributed by atoms with van der Waals surface area (Å²) < 4.78 is 0. The summed E-state index contributed by atoms with van der Waals surface area (Å²) >= 11 is 0. The van der Waals surface area contributed by atoms with E-state index in [0.29, 0.717) is 5.41 Å². The molecule has 0 saturated carbocycles. The van der Waals surface area contributed by atoms with Gasteiger partial charge in [0.2, 0.25) is 0 Å². The van der Waals surface area contributed by atoms with Gasteiger partial charge in [0.1, 0.15) is 5.82 Å². The van der Waals surface area contributed by atoms with Gasteiger partial charge in [-0.1, -0.05) is 13.3 Å². The summed E-state index contributed by atoms with van der Waals surface area (Å²) in [5.74, 6) is 1.17. The Balaban J connectivity index is 0.00000144. The molecular weight excluding hydrogens is 343 g/mol. The zero-order valence-electron chi connectivity index (χ0n) is 15.0. The average molecular weight is 377 g/mol. The summed E-state index contributed by atoms with van der Waals surface area (Å²) in [5, 5.41) is 3.52. The van der Waals surface area contributed by atoms with E-state index in [4.69, 9.17) is 0 Å². The fraction of sp³-hybridized carbons (Fsp3) is 0.833. The van der Waals surface area contributed by atoms with E-state index in [2.05, 4.69) is 33.3 Å². The number of aromatic amines is 1. The Morgan fingerprint density at radius 3 is 2.67 bits per heavy atom. The second-order valence-electron chi connectivity index (χ2n) is 7.34. The molecule has 24 heavy (non-hydrogen) atoms. The summed E-state index contributed by atoms with van der Waals surface area (Å²) in [6, 6.07) is 0. The number of aryl methyl sites for hydroxylation is 1. The highest BCUT2D eigenvalue weighted by Gasteiger charge is 2.33. The second-order valence-corrected chi connectivity index (χ2v) is 7.34. The summed E-state index contributed by atoms with van der Waals surface area (Å²) in [4.78, 5) is 10.7. The highest BCUT2D eigenvalue weighted by atomic mass is 35.5. The van der Waals surface area contributed by atoms with E-state index >= 15 is 0 Å². The van der Waals surface area contributed by atoms with Crippen molar-refractivity contribution < 1.29 is 0 Å². The van der Waals surface area contributed by atoms with Gasteiger partial charge in [-0.05, 0) is 70.1 Å². The van der Waals surface area contributed by atoms with Crippen molar-refractivity contribution >= 4 is 24.8 Å². The Bertz CT molecular complexity index is 458. The van der Waals surface area contributed by atoms with Gasteiger partial charge in [-0.25, -0.2) is 4.98 Å². The SMILES string of the molecule is CCCCc1ncc(CN2CCCC3(CCNCC3)CC2)[nH]1.Cl.Cl. The van der Waals surface area contributed by atoms with Crippen molar-refractivity contribution in [3.8, 4) is 0 Å². The Morgan fingerprint density at radius 2 is 1.92 bits per heavy atom. The van der Waals surface area contributed by atoms with Crippen molar-refractivity contribution in [3.63, 3.8) is 0 Å². The number of nitrogens with one attached hydrogen (secondary N) is 2. The molecule has 4 nitrogen and oxygen atoms in total. The second kappa shape index (κ2) is 10.6. The van der Waals surface area contributed by atoms with E-state index in [-0.39, 0.29) is 24.8 Å². The van der Waals surface area contributed by atoms with E-state index in [9.17, 15) is 0 Å². The molecule has 1 aromatic heterocycles. The van der Waals surface area contributed by atoms with Crippen LogP contribution in [0.25, 0.3) is 0 Å². The number of unbranched alkanes of at least 4 members (excludes halogenated alkanes) is 1. The third-order valence-electron chi connectivity index (χ3n) is 5.65. The normalized spacial score (nSPS) is 20.9. The molecule has 0 aliphatic carbocycles. The molecule has 2 aliphatic rings. The van der Waals surface area contributed by atoms with Gasteiger partial charge >= 0.3 is 0 Å². The number of hydrogen-bond acceptors (Lipinski definition) is 3. The van der Waals surface area contributed by atoms with Crippen LogP contribution in [0.2, 0.25) is 0 Å². The van der Waals surface area contributed by atoms with Crippen LogP contribution >= 0.6 is 24.8 Å². The minimum atomic E-state index is 0. The molecule has 2 saturated heterocycles. The van der Waals surface area contributed by atoms with E-state index in [1.165, 1.54) is 82.6 Å². The van der Waals surface area contributed by atoms with Crippen LogP contribution in [0.4, 0.5) is 0 Å². The van der Waals surface area contributed by atoms with Crippen LogP contribution in [0.1, 0.15) is 63.4 Å². The fourth-order valence-corrected chi connectivity index (χ4v) is 4.12. The molecule has 1 spiro atoms. The van der Waals surface area contributed by atoms with Crippen molar-refractivity contribution in [2.24, 2.45) is 5.41 Å². The van der Waals surface area contributed by atoms with Gasteiger partial charge < -0.3 is 10.3 Å². The fourth-order valence-electron chi connectivity index (χ4n) is 4.12. The van der Waals surface area contributed by atoms with Crippen LogP contribution < -0.4 is 5.32 Å². The van der Waals surface area contributed by atoms with Gasteiger partial charge in [-0.15, -0.1) is 24.8 Å². The molecule has 2 N–H and O–H groups in total. The minimum absolute atomic E-state index is 0. The average Bonchev–Trinajstić information content (AvgIpc) is 2.90. The molecule has 1 aromatic rings. The number of likely N-dealkylation sites (tertiary alicyclic amines) is 1. The van der Waals surface area contributed by atoms with Crippen LogP contribution in [0.15, 0.2) is 6.20 Å². The third kappa shape index (κ3) is 5.91. The molecule has 6 heteroatoms. The standard InChI is InChI=1S/C18H32N4.2ClH/c1-2-3-5-17-20-14-16(21-17)15-22-12-4-6-18(9-13-22)7-10-19-11-8-18;;/h14,19H,2-13,15H2,1H3,(H,20,21);2*1H. The molecule has 0 unspecified atom stereocenters. The molecule has 0 radical (unpaired) electrons. The smallest absolute Gasteiger partial charge is 0.106 e. The van der Waals surface area contributed by atoms with E-state index in [1.54, 1.807) is 0 Å². The van der Waals surface area contributed by atoms with Gasteiger partial charge in [0.15, 0.2) is 0 Å². The lowest BCUT2D eigenvalue weighted by atomic mass is 9.73. The lowest BCUT2D eigenvalue weighted by molar-refractivity contribution is 0.167. The molecule has 3 heterocycles. The number of piperidine rings is 1. The summed E-state index contributed by atoms with van der Waals surface area (Å²) in [7, 11) is 0. The quantitative estimate of drug-likeness (QED) is 0.817. The van der Waals surface area contributed by atoms with Crippen LogP contribution in [0, 0.1) is 5.41 Å². The Morgan fingerprint density at radius 1 is 1.12 bits per heavy atom. The zero-order chi connectivity index (χ0) is 15.3. The number of imidazole rings is 1. The number of nitrogens with zero attached hydrogens (tertiary/aromatic N) is 2. The largest absolute Gasteiger partial charge is 0.345 e. The van der Waals surface area contributed by atoms with E-state index < -0.39 is 0 Å². The van der Waals surface area contributed by atoms with Crippen molar-refractivity contribution in [3.05, 3.63) is 17.7 Å². The first kappa shape index (κ1) is 21.8. The predicted molar refractivity (Wildman–Crippen MR) is 105 cm³/mol. The molecular formula is C18H34Cl2N4. The van der Waals surface area contributed by atoms with Gasteiger partial charge in [-0.2, -0.15) is 0 Å². The van der Waals surface area contributed by atoms with E-state index in [1.807, 2.05) is 0 Å². The summed E-state index contributed by atoms with van der Waals surface area (Å²) in [6.07, 6.45) is 12.5. The number of rotatable bonds is 5. The van der Waals surface area contributed by atoms with Gasteiger partial charge in [0.25, 0.3) is 0 Å². The summed E-state index contributed by atoms with van der Waals surface area (Å²) in [6.45, 7) is 8.23. The predicted octanol–water partition coefficient (Wildman–Crippen LogP) is 3.95. The van der Waals surface area contributed by atoms with Crippen LogP contribution in [0.3, 0.4) is 0 Å². The molecule has 0 aromatic carbocycles. The molecule has 0 bridgehead atoms. The van der Waals surface area contributed by atoms with Crippen molar-refractivity contribution in [1.82, 2.24) is 20.2 Å². The lowest BCUT2D eigenvalue weighted by Crippen LogP contribution is -2.37. The number of H-pyrrole nitrogens is 1. The number of halogens is 2. The monoisotopic (exact) mass is 376 g/mol. The molecule has 0 atom stereocenters. The first-order valence-electron chi connectivity index (χ1n) is 9.25. The Kier molecular flexibility index (Phi) is 9.65. The van der Waals surface area contributed by atoms with Crippen LogP contribution in [-0.2, 0) is 13.0 Å².